The van der Waals surface area contributed by atoms with Crippen molar-refractivity contribution in [2.45, 2.75) is 18.7 Å². The molecule has 0 saturated heterocycles. The molecule has 10 heteroatoms. The molecule has 0 unspecified atom stereocenters. The predicted octanol–water partition coefficient (Wildman–Crippen LogP) is 1.95. The molecule has 1 aromatic heterocycles. The highest BCUT2D eigenvalue weighted by Gasteiger charge is 2.28. The molecule has 8 nitrogen and oxygen atoms in total. The zero-order valence-corrected chi connectivity index (χ0v) is 15.8. The first kappa shape index (κ1) is 19.2. The number of hydrogen-bond acceptors (Lipinski definition) is 5. The number of ether oxygens (including phenoxy) is 1. The van der Waals surface area contributed by atoms with Crippen molar-refractivity contribution in [2.24, 2.45) is 0 Å². The van der Waals surface area contributed by atoms with Crippen molar-refractivity contribution in [3.8, 4) is 5.75 Å². The van der Waals surface area contributed by atoms with Crippen LogP contribution in [-0.2, 0) is 14.8 Å². The highest BCUT2D eigenvalue weighted by atomic mass is 35.5. The molecule has 0 bridgehead atoms. The van der Waals surface area contributed by atoms with Gasteiger partial charge < -0.3 is 10.1 Å². The van der Waals surface area contributed by atoms with E-state index in [0.29, 0.717) is 27.8 Å². The monoisotopic (exact) mass is 386 g/mol. The Bertz CT molecular complexity index is 875. The predicted molar refractivity (Wildman–Crippen MR) is 94.5 cm³/mol. The molecule has 2 N–H and O–H groups in total. The minimum absolute atomic E-state index is 0.0790. The Kier molecular flexibility index (Phi) is 5.71. The van der Waals surface area contributed by atoms with E-state index in [0.717, 1.165) is 4.31 Å². The third-order valence-electron chi connectivity index (χ3n) is 3.53. The number of aromatic amines is 1. The van der Waals surface area contributed by atoms with Crippen LogP contribution in [0.5, 0.6) is 5.75 Å². The van der Waals surface area contributed by atoms with E-state index in [1.807, 2.05) is 0 Å². The molecule has 25 heavy (non-hydrogen) atoms. The largest absolute Gasteiger partial charge is 0.495 e. The number of aromatic nitrogens is 2. The summed E-state index contributed by atoms with van der Waals surface area (Å²) in [6.07, 6.45) is 0. The minimum atomic E-state index is -3.83. The van der Waals surface area contributed by atoms with E-state index < -0.39 is 15.9 Å². The lowest BCUT2D eigenvalue weighted by Gasteiger charge is -2.17. The van der Waals surface area contributed by atoms with Crippen LogP contribution in [-0.4, -0.2) is 49.5 Å². The fourth-order valence-electron chi connectivity index (χ4n) is 2.31. The normalized spacial score (nSPS) is 11.6. The molecule has 0 aliphatic heterocycles. The van der Waals surface area contributed by atoms with Crippen molar-refractivity contribution in [2.75, 3.05) is 26.0 Å². The number of sulfonamides is 1. The van der Waals surface area contributed by atoms with Crippen LogP contribution in [0.1, 0.15) is 11.4 Å². The summed E-state index contributed by atoms with van der Waals surface area (Å²) in [6.45, 7) is 2.85. The molecule has 2 rings (SSSR count). The number of nitrogens with zero attached hydrogens (tertiary/aromatic N) is 2. The number of halogens is 1. The fourth-order valence-corrected chi connectivity index (χ4v) is 4.02. The highest BCUT2D eigenvalue weighted by Crippen LogP contribution is 2.27. The number of carbonyl (C=O) groups is 1. The number of nitrogens with one attached hydrogen (secondary N) is 2. The van der Waals surface area contributed by atoms with E-state index in [9.17, 15) is 13.2 Å². The van der Waals surface area contributed by atoms with Gasteiger partial charge in [0.2, 0.25) is 15.9 Å². The number of carbonyl (C=O) groups excluding carboxylic acids is 1. The van der Waals surface area contributed by atoms with Crippen molar-refractivity contribution in [1.82, 2.24) is 14.5 Å². The maximum Gasteiger partial charge on any atom is 0.246 e. The Morgan fingerprint density at radius 2 is 2.08 bits per heavy atom. The van der Waals surface area contributed by atoms with Crippen molar-refractivity contribution in [1.29, 1.82) is 0 Å². The number of H-pyrrole nitrogens is 1. The van der Waals surface area contributed by atoms with Gasteiger partial charge in [0.25, 0.3) is 0 Å². The summed E-state index contributed by atoms with van der Waals surface area (Å²) in [6, 6.07) is 4.75. The van der Waals surface area contributed by atoms with Crippen molar-refractivity contribution in [3.63, 3.8) is 0 Å². The number of aryl methyl sites for hydroxylation is 2. The smallest absolute Gasteiger partial charge is 0.246 e. The van der Waals surface area contributed by atoms with Gasteiger partial charge >= 0.3 is 0 Å². The third-order valence-corrected chi connectivity index (χ3v) is 5.89. The summed E-state index contributed by atoms with van der Waals surface area (Å²) in [7, 11) is -1.01. The summed E-state index contributed by atoms with van der Waals surface area (Å²) in [5.41, 5.74) is 1.22. The number of anilines is 1. The Hall–Kier alpha value is -2.10. The summed E-state index contributed by atoms with van der Waals surface area (Å²) in [4.78, 5) is 12.2. The second-order valence-electron chi connectivity index (χ2n) is 5.42. The topological polar surface area (TPSA) is 104 Å². The minimum Gasteiger partial charge on any atom is -0.495 e. The van der Waals surface area contributed by atoms with Gasteiger partial charge in [0.1, 0.15) is 10.6 Å². The van der Waals surface area contributed by atoms with Crippen molar-refractivity contribution in [3.05, 3.63) is 34.6 Å². The van der Waals surface area contributed by atoms with Gasteiger partial charge in [-0.2, -0.15) is 9.40 Å². The Labute approximate surface area is 151 Å². The van der Waals surface area contributed by atoms with E-state index in [1.54, 1.807) is 26.0 Å². The Morgan fingerprint density at radius 1 is 1.40 bits per heavy atom. The maximum absolute atomic E-state index is 12.6. The van der Waals surface area contributed by atoms with E-state index in [-0.39, 0.29) is 11.4 Å². The van der Waals surface area contributed by atoms with E-state index >= 15 is 0 Å². The summed E-state index contributed by atoms with van der Waals surface area (Å²) >= 11 is 6.00. The lowest BCUT2D eigenvalue weighted by Crippen LogP contribution is -2.35. The SMILES string of the molecule is COc1ccc(NC(=O)CN(C)S(=O)(=O)c2c(C)n[nH]c2C)cc1Cl. The van der Waals surface area contributed by atoms with E-state index in [1.165, 1.54) is 20.2 Å². The first-order valence-electron chi connectivity index (χ1n) is 7.28. The van der Waals surface area contributed by atoms with Crippen LogP contribution in [0, 0.1) is 13.8 Å². The van der Waals surface area contributed by atoms with Gasteiger partial charge in [-0.1, -0.05) is 11.6 Å². The van der Waals surface area contributed by atoms with Crippen LogP contribution >= 0.6 is 11.6 Å². The first-order chi connectivity index (χ1) is 11.7. The van der Waals surface area contributed by atoms with Gasteiger partial charge in [-0.15, -0.1) is 0 Å². The van der Waals surface area contributed by atoms with Crippen LogP contribution in [0.25, 0.3) is 0 Å². The standard InChI is InChI=1S/C15H19ClN4O4S/c1-9-15(10(2)19-18-9)25(22,23)20(3)8-14(21)17-11-5-6-13(24-4)12(16)7-11/h5-7H,8H2,1-4H3,(H,17,21)(H,18,19). The maximum atomic E-state index is 12.6. The van der Waals surface area contributed by atoms with Crippen LogP contribution in [0.4, 0.5) is 5.69 Å². The number of likely N-dealkylation sites (N-methyl/N-ethyl adjacent to an activating group) is 1. The van der Waals surface area contributed by atoms with Gasteiger partial charge in [-0.05, 0) is 32.0 Å². The lowest BCUT2D eigenvalue weighted by molar-refractivity contribution is -0.116. The van der Waals surface area contributed by atoms with Crippen molar-refractivity contribution < 1.29 is 17.9 Å². The molecule has 0 spiro atoms. The number of methoxy groups -OCH3 is 1. The number of rotatable bonds is 6. The summed E-state index contributed by atoms with van der Waals surface area (Å²) in [5.74, 6) is -0.0172. The summed E-state index contributed by atoms with van der Waals surface area (Å²) < 4.78 is 31.2. The zero-order chi connectivity index (χ0) is 18.8. The van der Waals surface area contributed by atoms with Gasteiger partial charge in [-0.25, -0.2) is 8.42 Å². The molecule has 0 saturated carbocycles. The van der Waals surface area contributed by atoms with Crippen LogP contribution < -0.4 is 10.1 Å². The number of benzene rings is 1. The van der Waals surface area contributed by atoms with Gasteiger partial charge in [0.05, 0.1) is 30.1 Å². The molecular weight excluding hydrogens is 368 g/mol. The molecule has 1 aromatic carbocycles. The third kappa shape index (κ3) is 4.12. The Morgan fingerprint density at radius 3 is 2.60 bits per heavy atom. The average molecular weight is 387 g/mol. The highest BCUT2D eigenvalue weighted by molar-refractivity contribution is 7.89. The van der Waals surface area contributed by atoms with Crippen LogP contribution in [0.15, 0.2) is 23.1 Å². The molecule has 0 radical (unpaired) electrons. The van der Waals surface area contributed by atoms with Gasteiger partial charge in [0.15, 0.2) is 0 Å². The lowest BCUT2D eigenvalue weighted by atomic mass is 10.3. The molecule has 0 aliphatic rings. The average Bonchev–Trinajstić information content (AvgIpc) is 2.86. The van der Waals surface area contributed by atoms with Crippen LogP contribution in [0.2, 0.25) is 5.02 Å². The van der Waals surface area contributed by atoms with Crippen LogP contribution in [0.3, 0.4) is 0 Å². The van der Waals surface area contributed by atoms with Crippen molar-refractivity contribution >= 4 is 33.2 Å². The molecule has 0 fully saturated rings. The molecule has 0 atom stereocenters. The second kappa shape index (κ2) is 7.42. The quantitative estimate of drug-likeness (QED) is 0.789. The molecule has 1 heterocycles. The van der Waals surface area contributed by atoms with E-state index in [2.05, 4.69) is 15.5 Å². The molecule has 1 amide bonds. The fraction of sp³-hybridized carbons (Fsp3) is 0.333. The second-order valence-corrected chi connectivity index (χ2v) is 7.81. The summed E-state index contributed by atoms with van der Waals surface area (Å²) in [5, 5.41) is 9.45. The number of amides is 1. The molecular formula is C15H19ClN4O4S. The zero-order valence-electron chi connectivity index (χ0n) is 14.3. The number of hydrogen-bond donors (Lipinski definition) is 2. The molecule has 2 aromatic rings. The van der Waals surface area contributed by atoms with Gasteiger partial charge in [0, 0.05) is 12.7 Å². The Balaban J connectivity index is 2.11. The van der Waals surface area contributed by atoms with E-state index in [4.69, 9.17) is 16.3 Å². The molecule has 136 valence electrons. The van der Waals surface area contributed by atoms with Gasteiger partial charge in [-0.3, -0.25) is 9.89 Å². The first-order valence-corrected chi connectivity index (χ1v) is 9.10. The molecule has 0 aliphatic carbocycles.